The number of imidazole rings is 1. The minimum absolute atomic E-state index is 0.157. The van der Waals surface area contributed by atoms with Gasteiger partial charge in [0, 0.05) is 23.7 Å². The van der Waals surface area contributed by atoms with E-state index in [1.807, 2.05) is 24.4 Å². The Balaban J connectivity index is 2.02. The minimum atomic E-state index is -0.157. The van der Waals surface area contributed by atoms with Crippen LogP contribution in [0.4, 0.5) is 0 Å². The van der Waals surface area contributed by atoms with Gasteiger partial charge in [-0.1, -0.05) is 0 Å². The Morgan fingerprint density at radius 2 is 2.44 bits per heavy atom. The van der Waals surface area contributed by atoms with Gasteiger partial charge in [-0.2, -0.15) is 0 Å². The number of ether oxygens (including phenoxy) is 1. The number of carbonyl (C=O) groups excluding carboxylic acids is 1. The number of nitrogens with zero attached hydrogens (tertiary/aromatic N) is 2. The number of aryl methyl sites for hydroxylation is 2. The van der Waals surface area contributed by atoms with Crippen LogP contribution in [0, 0.1) is 6.92 Å². The first-order valence-electron chi connectivity index (χ1n) is 5.28. The molecule has 16 heavy (non-hydrogen) atoms. The lowest BCUT2D eigenvalue weighted by Gasteiger charge is -1.98. The van der Waals surface area contributed by atoms with Gasteiger partial charge in [0.15, 0.2) is 4.96 Å². The van der Waals surface area contributed by atoms with E-state index in [1.54, 1.807) is 11.3 Å². The molecule has 0 N–H and O–H groups in total. The smallest absolute Gasteiger partial charge is 0.306 e. The monoisotopic (exact) mass is 238 g/mol. The van der Waals surface area contributed by atoms with Crippen molar-refractivity contribution in [2.24, 2.45) is 0 Å². The molecule has 0 atom stereocenters. The van der Waals surface area contributed by atoms with E-state index in [-0.39, 0.29) is 5.97 Å². The zero-order valence-electron chi connectivity index (χ0n) is 9.40. The summed E-state index contributed by atoms with van der Waals surface area (Å²) >= 11 is 1.61. The van der Waals surface area contributed by atoms with E-state index in [0.29, 0.717) is 19.4 Å². The number of fused-ring (bicyclic) bond motifs is 1. The van der Waals surface area contributed by atoms with E-state index < -0.39 is 0 Å². The molecule has 0 aromatic carbocycles. The third kappa shape index (κ3) is 2.24. The van der Waals surface area contributed by atoms with Crippen LogP contribution < -0.4 is 0 Å². The summed E-state index contributed by atoms with van der Waals surface area (Å²) in [5, 5.41) is 2.07. The van der Waals surface area contributed by atoms with E-state index in [1.165, 1.54) is 5.69 Å². The van der Waals surface area contributed by atoms with Crippen LogP contribution in [0.5, 0.6) is 0 Å². The molecule has 0 saturated carbocycles. The fourth-order valence-electron chi connectivity index (χ4n) is 1.52. The van der Waals surface area contributed by atoms with Crippen molar-refractivity contribution >= 4 is 22.3 Å². The molecule has 0 radical (unpaired) electrons. The van der Waals surface area contributed by atoms with Gasteiger partial charge in [0.25, 0.3) is 0 Å². The highest BCUT2D eigenvalue weighted by Gasteiger charge is 2.08. The first kappa shape index (κ1) is 11.1. The van der Waals surface area contributed by atoms with Gasteiger partial charge in [-0.05, 0) is 13.8 Å². The standard InChI is InChI=1S/C11H14N2O2S/c1-3-15-10(14)5-4-9-6-13-8(2)7-16-11(13)12-9/h6-7H,3-5H2,1-2H3. The van der Waals surface area contributed by atoms with Crippen molar-refractivity contribution in [1.29, 1.82) is 0 Å². The second-order valence-electron chi connectivity index (χ2n) is 3.57. The van der Waals surface area contributed by atoms with Gasteiger partial charge in [-0.25, -0.2) is 4.98 Å². The Bertz CT molecular complexity index is 501. The average molecular weight is 238 g/mol. The Labute approximate surface area is 97.9 Å². The molecular formula is C11H14N2O2S. The van der Waals surface area contributed by atoms with Crippen LogP contribution in [0.1, 0.15) is 24.7 Å². The number of rotatable bonds is 4. The van der Waals surface area contributed by atoms with Crippen molar-refractivity contribution < 1.29 is 9.53 Å². The highest BCUT2D eigenvalue weighted by molar-refractivity contribution is 7.15. The summed E-state index contributed by atoms with van der Waals surface area (Å²) in [5.41, 5.74) is 2.12. The van der Waals surface area contributed by atoms with Crippen LogP contribution in [0.15, 0.2) is 11.6 Å². The molecule has 0 spiro atoms. The molecule has 4 nitrogen and oxygen atoms in total. The van der Waals surface area contributed by atoms with Crippen molar-refractivity contribution in [2.75, 3.05) is 6.61 Å². The number of thiazole rings is 1. The molecule has 0 aliphatic heterocycles. The predicted molar refractivity (Wildman–Crippen MR) is 62.8 cm³/mol. The topological polar surface area (TPSA) is 43.6 Å². The molecule has 86 valence electrons. The van der Waals surface area contributed by atoms with Crippen molar-refractivity contribution in [3.8, 4) is 0 Å². The van der Waals surface area contributed by atoms with E-state index in [0.717, 1.165) is 10.7 Å². The number of carbonyl (C=O) groups is 1. The minimum Gasteiger partial charge on any atom is -0.466 e. The average Bonchev–Trinajstić information content (AvgIpc) is 2.79. The summed E-state index contributed by atoms with van der Waals surface area (Å²) in [6.07, 6.45) is 3.03. The van der Waals surface area contributed by atoms with Crippen LogP contribution in [0.25, 0.3) is 4.96 Å². The largest absolute Gasteiger partial charge is 0.466 e. The van der Waals surface area contributed by atoms with Crippen LogP contribution in [0.3, 0.4) is 0 Å². The third-order valence-corrected chi connectivity index (χ3v) is 3.29. The summed E-state index contributed by atoms with van der Waals surface area (Å²) in [6.45, 7) is 4.30. The van der Waals surface area contributed by atoms with Gasteiger partial charge in [-0.15, -0.1) is 11.3 Å². The summed E-state index contributed by atoms with van der Waals surface area (Å²) < 4.78 is 6.92. The first-order chi connectivity index (χ1) is 7.70. The number of esters is 1. The van der Waals surface area contributed by atoms with E-state index >= 15 is 0 Å². The van der Waals surface area contributed by atoms with Crippen molar-refractivity contribution in [3.05, 3.63) is 23.0 Å². The second-order valence-corrected chi connectivity index (χ2v) is 4.40. The van der Waals surface area contributed by atoms with Gasteiger partial charge in [0.05, 0.1) is 18.7 Å². The highest BCUT2D eigenvalue weighted by atomic mass is 32.1. The zero-order valence-corrected chi connectivity index (χ0v) is 10.2. The SMILES string of the molecule is CCOC(=O)CCc1cn2c(C)csc2n1. The van der Waals surface area contributed by atoms with Gasteiger partial charge < -0.3 is 4.74 Å². The molecule has 0 fully saturated rings. The zero-order chi connectivity index (χ0) is 11.5. The summed E-state index contributed by atoms with van der Waals surface area (Å²) in [5.74, 6) is -0.157. The number of hydrogen-bond acceptors (Lipinski definition) is 4. The Morgan fingerprint density at radius 3 is 3.12 bits per heavy atom. The highest BCUT2D eigenvalue weighted by Crippen LogP contribution is 2.16. The lowest BCUT2D eigenvalue weighted by molar-refractivity contribution is -0.143. The maximum atomic E-state index is 11.2. The molecular weight excluding hydrogens is 224 g/mol. The van der Waals surface area contributed by atoms with Gasteiger partial charge in [-0.3, -0.25) is 9.20 Å². The number of hydrogen-bond donors (Lipinski definition) is 0. The van der Waals surface area contributed by atoms with Crippen molar-refractivity contribution in [3.63, 3.8) is 0 Å². The lowest BCUT2D eigenvalue weighted by atomic mass is 10.2. The Morgan fingerprint density at radius 1 is 1.62 bits per heavy atom. The molecule has 0 aliphatic rings. The molecule has 0 saturated heterocycles. The molecule has 2 heterocycles. The Hall–Kier alpha value is -1.36. The molecule has 5 heteroatoms. The van der Waals surface area contributed by atoms with Gasteiger partial charge in [0.2, 0.25) is 0 Å². The molecule has 0 bridgehead atoms. The molecule has 2 aromatic heterocycles. The van der Waals surface area contributed by atoms with E-state index in [2.05, 4.69) is 10.4 Å². The van der Waals surface area contributed by atoms with E-state index in [9.17, 15) is 4.79 Å². The first-order valence-corrected chi connectivity index (χ1v) is 6.16. The van der Waals surface area contributed by atoms with Crippen LogP contribution in [0.2, 0.25) is 0 Å². The maximum absolute atomic E-state index is 11.2. The molecule has 2 rings (SSSR count). The quantitative estimate of drug-likeness (QED) is 0.767. The fraction of sp³-hybridized carbons (Fsp3) is 0.455. The summed E-state index contributed by atoms with van der Waals surface area (Å²) in [7, 11) is 0. The van der Waals surface area contributed by atoms with Crippen LogP contribution >= 0.6 is 11.3 Å². The van der Waals surface area contributed by atoms with Crippen molar-refractivity contribution in [2.45, 2.75) is 26.7 Å². The van der Waals surface area contributed by atoms with E-state index in [4.69, 9.17) is 4.74 Å². The van der Waals surface area contributed by atoms with Crippen molar-refractivity contribution in [1.82, 2.24) is 9.38 Å². The predicted octanol–water partition coefficient (Wildman–Crippen LogP) is 2.20. The summed E-state index contributed by atoms with van der Waals surface area (Å²) in [6, 6.07) is 0. The number of aromatic nitrogens is 2. The maximum Gasteiger partial charge on any atom is 0.306 e. The third-order valence-electron chi connectivity index (χ3n) is 2.33. The molecule has 2 aromatic rings. The Kier molecular flexibility index (Phi) is 3.24. The molecule has 0 unspecified atom stereocenters. The van der Waals surface area contributed by atoms with Gasteiger partial charge >= 0.3 is 5.97 Å². The van der Waals surface area contributed by atoms with Gasteiger partial charge in [0.1, 0.15) is 0 Å². The second kappa shape index (κ2) is 4.65. The normalized spacial score (nSPS) is 10.9. The van der Waals surface area contributed by atoms with Crippen LogP contribution in [-0.4, -0.2) is 22.0 Å². The summed E-state index contributed by atoms with van der Waals surface area (Å²) in [4.78, 5) is 16.6. The van der Waals surface area contributed by atoms with Crippen LogP contribution in [-0.2, 0) is 16.0 Å². The lowest BCUT2D eigenvalue weighted by Crippen LogP contribution is -2.05. The molecule has 0 aliphatic carbocycles. The fourth-order valence-corrected chi connectivity index (χ4v) is 2.39. The molecule has 0 amide bonds.